The van der Waals surface area contributed by atoms with Crippen LogP contribution in [0.4, 0.5) is 5.69 Å². The molecule has 3 N–H and O–H groups in total. The number of ether oxygens (including phenoxy) is 1. The highest BCUT2D eigenvalue weighted by Gasteiger charge is 2.41. The summed E-state index contributed by atoms with van der Waals surface area (Å²) in [6.07, 6.45) is 2.08. The molecule has 1 aliphatic carbocycles. The molecule has 1 aromatic carbocycles. The van der Waals surface area contributed by atoms with Gasteiger partial charge in [-0.15, -0.1) is 12.4 Å². The lowest BCUT2D eigenvalue weighted by Crippen LogP contribution is -2.53. The summed E-state index contributed by atoms with van der Waals surface area (Å²) in [4.78, 5) is 22.7. The third kappa shape index (κ3) is 3.66. The number of hydrogen-bond donors (Lipinski definition) is 2. The molecule has 1 amide bonds. The lowest BCUT2D eigenvalue weighted by atomic mass is 9.95. The van der Waals surface area contributed by atoms with Crippen molar-refractivity contribution in [3.63, 3.8) is 0 Å². The number of methoxy groups -OCH3 is 1. The summed E-state index contributed by atoms with van der Waals surface area (Å²) in [6.45, 7) is 2.24. The van der Waals surface area contributed by atoms with E-state index in [1.165, 1.54) is 25.3 Å². The van der Waals surface area contributed by atoms with Gasteiger partial charge in [0.25, 0.3) is 5.91 Å². The van der Waals surface area contributed by atoms with Gasteiger partial charge in [0.1, 0.15) is 0 Å². The molecule has 1 atom stereocenters. The Hall–Kier alpha value is -1.86. The van der Waals surface area contributed by atoms with E-state index in [1.807, 2.05) is 6.92 Å². The number of nitro benzene ring substituents is 1. The van der Waals surface area contributed by atoms with Gasteiger partial charge in [0, 0.05) is 18.2 Å². The fourth-order valence-electron chi connectivity index (χ4n) is 2.35. The second-order valence-electron chi connectivity index (χ2n) is 5.49. The van der Waals surface area contributed by atoms with Crippen molar-refractivity contribution in [2.24, 2.45) is 11.7 Å². The van der Waals surface area contributed by atoms with Gasteiger partial charge < -0.3 is 15.8 Å². The van der Waals surface area contributed by atoms with E-state index in [9.17, 15) is 14.9 Å². The predicted molar refractivity (Wildman–Crippen MR) is 84.5 cm³/mol. The summed E-state index contributed by atoms with van der Waals surface area (Å²) in [7, 11) is 1.35. The molecule has 122 valence electrons. The highest BCUT2D eigenvalue weighted by Crippen LogP contribution is 2.39. The maximum atomic E-state index is 12.3. The molecule has 1 unspecified atom stereocenters. The Bertz CT molecular complexity index is 577. The van der Waals surface area contributed by atoms with Crippen LogP contribution in [0.25, 0.3) is 0 Å². The van der Waals surface area contributed by atoms with Crippen molar-refractivity contribution in [1.82, 2.24) is 5.32 Å². The van der Waals surface area contributed by atoms with Crippen LogP contribution >= 0.6 is 12.4 Å². The minimum atomic E-state index is -0.571. The first-order valence-electron chi connectivity index (χ1n) is 6.76. The number of nitrogens with two attached hydrogens (primary N) is 1. The fraction of sp³-hybridized carbons (Fsp3) is 0.500. The predicted octanol–water partition coefficient (Wildman–Crippen LogP) is 1.88. The molecule has 0 bridgehead atoms. The van der Waals surface area contributed by atoms with Crippen LogP contribution in [0.1, 0.15) is 30.1 Å². The maximum absolute atomic E-state index is 12.3. The molecule has 0 saturated heterocycles. The summed E-state index contributed by atoms with van der Waals surface area (Å²) >= 11 is 0. The van der Waals surface area contributed by atoms with E-state index in [2.05, 4.69) is 5.32 Å². The monoisotopic (exact) mass is 329 g/mol. The number of carbonyl (C=O) groups excluding carboxylic acids is 1. The number of hydrogen-bond acceptors (Lipinski definition) is 5. The molecule has 1 aromatic rings. The first-order valence-corrected chi connectivity index (χ1v) is 6.76. The molecule has 1 fully saturated rings. The largest absolute Gasteiger partial charge is 0.490 e. The first-order chi connectivity index (χ1) is 9.91. The summed E-state index contributed by atoms with van der Waals surface area (Å²) in [5, 5.41) is 13.9. The first kappa shape index (κ1) is 18.2. The molecule has 0 spiro atoms. The Balaban J connectivity index is 0.00000242. The van der Waals surface area contributed by atoms with Crippen LogP contribution in [0.15, 0.2) is 18.2 Å². The van der Waals surface area contributed by atoms with Gasteiger partial charge in [0.2, 0.25) is 0 Å². The van der Waals surface area contributed by atoms with Gasteiger partial charge in [-0.1, -0.05) is 0 Å². The summed E-state index contributed by atoms with van der Waals surface area (Å²) in [6, 6.07) is 4.15. The van der Waals surface area contributed by atoms with Crippen LogP contribution in [0.3, 0.4) is 0 Å². The summed E-state index contributed by atoms with van der Waals surface area (Å²) < 4.78 is 4.92. The lowest BCUT2D eigenvalue weighted by Gasteiger charge is -2.29. The second-order valence-corrected chi connectivity index (χ2v) is 5.49. The number of amides is 1. The molecule has 2 rings (SSSR count). The van der Waals surface area contributed by atoms with Crippen LogP contribution in [-0.2, 0) is 0 Å². The van der Waals surface area contributed by atoms with Crippen LogP contribution < -0.4 is 15.8 Å². The van der Waals surface area contributed by atoms with E-state index in [0.29, 0.717) is 12.5 Å². The van der Waals surface area contributed by atoms with Crippen molar-refractivity contribution < 1.29 is 14.5 Å². The Kier molecular flexibility index (Phi) is 5.73. The molecule has 1 saturated carbocycles. The Morgan fingerprint density at radius 2 is 2.18 bits per heavy atom. The van der Waals surface area contributed by atoms with Gasteiger partial charge in [-0.25, -0.2) is 0 Å². The molecule has 0 heterocycles. The number of rotatable bonds is 6. The zero-order valence-electron chi connectivity index (χ0n) is 12.5. The average molecular weight is 330 g/mol. The van der Waals surface area contributed by atoms with Crippen molar-refractivity contribution in [3.05, 3.63) is 33.9 Å². The van der Waals surface area contributed by atoms with Crippen molar-refractivity contribution in [2.45, 2.75) is 25.3 Å². The highest BCUT2D eigenvalue weighted by atomic mass is 35.5. The Morgan fingerprint density at radius 3 is 2.64 bits per heavy atom. The SMILES string of the molecule is COc1ccc(C(=O)NC(C)(CN)C2CC2)cc1[N+](=O)[O-].Cl. The van der Waals surface area contributed by atoms with E-state index in [0.717, 1.165) is 12.8 Å². The van der Waals surface area contributed by atoms with Gasteiger partial charge in [-0.3, -0.25) is 14.9 Å². The standard InChI is InChI=1S/C14H19N3O4.ClH/c1-14(8-15,10-4-5-10)16-13(18)9-3-6-12(21-2)11(7-9)17(19)20;/h3,6-7,10H,4-5,8,15H2,1-2H3,(H,16,18);1H. The van der Waals surface area contributed by atoms with Crippen LogP contribution in [0.2, 0.25) is 0 Å². The molecule has 0 aliphatic heterocycles. The zero-order valence-corrected chi connectivity index (χ0v) is 13.3. The van der Waals surface area contributed by atoms with E-state index in [1.54, 1.807) is 0 Å². The normalized spacial score (nSPS) is 16.1. The highest BCUT2D eigenvalue weighted by molar-refractivity contribution is 5.95. The quantitative estimate of drug-likeness (QED) is 0.612. The number of carbonyl (C=O) groups is 1. The number of benzene rings is 1. The van der Waals surface area contributed by atoms with Crippen molar-refractivity contribution in [2.75, 3.05) is 13.7 Å². The van der Waals surface area contributed by atoms with Crippen LogP contribution in [-0.4, -0.2) is 30.0 Å². The molecule has 1 aliphatic rings. The van der Waals surface area contributed by atoms with Gasteiger partial charge in [-0.05, 0) is 37.8 Å². The molecular formula is C14H20ClN3O4. The van der Waals surface area contributed by atoms with Gasteiger partial charge in [0.15, 0.2) is 5.75 Å². The van der Waals surface area contributed by atoms with E-state index < -0.39 is 10.5 Å². The average Bonchev–Trinajstić information content (AvgIpc) is 3.31. The van der Waals surface area contributed by atoms with Crippen LogP contribution in [0.5, 0.6) is 5.75 Å². The number of nitro groups is 1. The summed E-state index contributed by atoms with van der Waals surface area (Å²) in [5.74, 6) is 0.139. The Morgan fingerprint density at radius 1 is 1.55 bits per heavy atom. The molecule has 7 nitrogen and oxygen atoms in total. The number of halogens is 1. The lowest BCUT2D eigenvalue weighted by molar-refractivity contribution is -0.385. The minimum Gasteiger partial charge on any atom is -0.490 e. The van der Waals surface area contributed by atoms with E-state index in [-0.39, 0.29) is 35.3 Å². The number of nitrogens with zero attached hydrogens (tertiary/aromatic N) is 1. The molecular weight excluding hydrogens is 310 g/mol. The van der Waals surface area contributed by atoms with E-state index >= 15 is 0 Å². The third-order valence-corrected chi connectivity index (χ3v) is 3.94. The zero-order chi connectivity index (χ0) is 15.6. The fourth-order valence-corrected chi connectivity index (χ4v) is 2.35. The molecule has 22 heavy (non-hydrogen) atoms. The van der Waals surface area contributed by atoms with Crippen molar-refractivity contribution >= 4 is 24.0 Å². The topological polar surface area (TPSA) is 107 Å². The van der Waals surface area contributed by atoms with Gasteiger partial charge in [-0.2, -0.15) is 0 Å². The molecule has 0 radical (unpaired) electrons. The van der Waals surface area contributed by atoms with Crippen molar-refractivity contribution in [3.8, 4) is 5.75 Å². The third-order valence-electron chi connectivity index (χ3n) is 3.94. The number of nitrogens with one attached hydrogen (secondary N) is 1. The summed E-state index contributed by atoms with van der Waals surface area (Å²) in [5.41, 5.74) is 5.28. The maximum Gasteiger partial charge on any atom is 0.311 e. The van der Waals surface area contributed by atoms with Gasteiger partial charge >= 0.3 is 5.69 Å². The molecule has 8 heteroatoms. The molecule has 0 aromatic heterocycles. The van der Waals surface area contributed by atoms with Crippen LogP contribution in [0, 0.1) is 16.0 Å². The Labute approximate surface area is 134 Å². The second kappa shape index (κ2) is 6.93. The van der Waals surface area contributed by atoms with Gasteiger partial charge in [0.05, 0.1) is 17.6 Å². The van der Waals surface area contributed by atoms with Crippen molar-refractivity contribution in [1.29, 1.82) is 0 Å². The minimum absolute atomic E-state index is 0. The smallest absolute Gasteiger partial charge is 0.311 e. The van der Waals surface area contributed by atoms with E-state index in [4.69, 9.17) is 10.5 Å².